The van der Waals surface area contributed by atoms with Crippen molar-refractivity contribution in [3.05, 3.63) is 75.9 Å². The molecule has 3 rings (SSSR count). The summed E-state index contributed by atoms with van der Waals surface area (Å²) in [5.41, 5.74) is 0.568. The fourth-order valence-corrected chi connectivity index (χ4v) is 2.48. The second-order valence-electron chi connectivity index (χ2n) is 5.58. The summed E-state index contributed by atoms with van der Waals surface area (Å²) in [6, 6.07) is 11.6. The summed E-state index contributed by atoms with van der Waals surface area (Å²) in [5, 5.41) is 2.86. The lowest BCUT2D eigenvalue weighted by atomic mass is 10.1. The predicted molar refractivity (Wildman–Crippen MR) is 91.3 cm³/mol. The molecule has 1 heterocycles. The molecule has 1 aromatic heterocycles. The van der Waals surface area contributed by atoms with Crippen LogP contribution >= 0.6 is 0 Å². The van der Waals surface area contributed by atoms with Crippen molar-refractivity contribution < 1.29 is 18.3 Å². The molecule has 2 aromatic carbocycles. The number of benzene rings is 2. The number of carbonyl (C=O) groups is 1. The fraction of sp³-hybridized carbons (Fsp3) is 0.158. The molecule has 0 spiro atoms. The Hall–Kier alpha value is -3.15. The molecule has 0 radical (unpaired) electrons. The normalized spacial score (nSPS) is 12.0. The molecule has 0 aliphatic carbocycles. The first-order valence-electron chi connectivity index (χ1n) is 7.66. The van der Waals surface area contributed by atoms with Crippen molar-refractivity contribution in [2.24, 2.45) is 0 Å². The standard InChI is InChI=1S/C19H16FNO4/c1-11(12-3-6-14(24-2)7-4-12)21-19(23)18-10-16(22)15-9-13(20)5-8-17(15)25-18/h3-11H,1-2H3,(H,21,23)/t11-/m1/s1. The van der Waals surface area contributed by atoms with Crippen molar-refractivity contribution in [2.75, 3.05) is 7.11 Å². The zero-order valence-corrected chi connectivity index (χ0v) is 13.7. The first-order chi connectivity index (χ1) is 12.0. The highest BCUT2D eigenvalue weighted by atomic mass is 19.1. The Balaban J connectivity index is 1.84. The smallest absolute Gasteiger partial charge is 0.287 e. The van der Waals surface area contributed by atoms with Crippen LogP contribution in [0.4, 0.5) is 4.39 Å². The third-order valence-electron chi connectivity index (χ3n) is 3.88. The van der Waals surface area contributed by atoms with E-state index in [1.807, 2.05) is 19.1 Å². The molecule has 6 heteroatoms. The molecule has 128 valence electrons. The van der Waals surface area contributed by atoms with Crippen LogP contribution in [0.5, 0.6) is 5.75 Å². The Morgan fingerprint density at radius 2 is 1.88 bits per heavy atom. The van der Waals surface area contributed by atoms with Crippen LogP contribution in [0.3, 0.4) is 0 Å². The molecule has 1 amide bonds. The van der Waals surface area contributed by atoms with Crippen LogP contribution in [0.15, 0.2) is 57.7 Å². The van der Waals surface area contributed by atoms with Crippen LogP contribution in [-0.2, 0) is 0 Å². The summed E-state index contributed by atoms with van der Waals surface area (Å²) in [6.45, 7) is 1.81. The van der Waals surface area contributed by atoms with Crippen LogP contribution in [0.1, 0.15) is 29.1 Å². The molecular formula is C19H16FNO4. The summed E-state index contributed by atoms with van der Waals surface area (Å²) in [4.78, 5) is 24.4. The number of nitrogens with one attached hydrogen (secondary N) is 1. The minimum atomic E-state index is -0.537. The van der Waals surface area contributed by atoms with Crippen LogP contribution < -0.4 is 15.5 Å². The molecule has 25 heavy (non-hydrogen) atoms. The topological polar surface area (TPSA) is 68.5 Å². The molecule has 0 aliphatic rings. The van der Waals surface area contributed by atoms with Crippen molar-refractivity contribution in [1.82, 2.24) is 5.32 Å². The second-order valence-corrected chi connectivity index (χ2v) is 5.58. The third-order valence-corrected chi connectivity index (χ3v) is 3.88. The van der Waals surface area contributed by atoms with Gasteiger partial charge in [-0.3, -0.25) is 9.59 Å². The van der Waals surface area contributed by atoms with Gasteiger partial charge in [0.05, 0.1) is 18.5 Å². The number of ether oxygens (including phenoxy) is 1. The molecule has 3 aromatic rings. The van der Waals surface area contributed by atoms with Gasteiger partial charge >= 0.3 is 0 Å². The molecule has 0 saturated heterocycles. The lowest BCUT2D eigenvalue weighted by Gasteiger charge is -2.14. The van der Waals surface area contributed by atoms with E-state index in [0.717, 1.165) is 23.4 Å². The Bertz CT molecular complexity index is 979. The summed E-state index contributed by atoms with van der Waals surface area (Å²) >= 11 is 0. The summed E-state index contributed by atoms with van der Waals surface area (Å²) in [6.07, 6.45) is 0. The molecule has 0 fully saturated rings. The maximum absolute atomic E-state index is 13.2. The van der Waals surface area contributed by atoms with E-state index in [1.165, 1.54) is 12.1 Å². The molecular weight excluding hydrogens is 325 g/mol. The number of halogens is 1. The van der Waals surface area contributed by atoms with Gasteiger partial charge in [-0.15, -0.1) is 0 Å². The molecule has 0 unspecified atom stereocenters. The minimum absolute atomic E-state index is 0.0970. The maximum atomic E-state index is 13.2. The van der Waals surface area contributed by atoms with Crippen molar-refractivity contribution >= 4 is 16.9 Å². The van der Waals surface area contributed by atoms with Gasteiger partial charge in [-0.1, -0.05) is 12.1 Å². The predicted octanol–water partition coefficient (Wildman–Crippen LogP) is 3.43. The number of rotatable bonds is 4. The summed E-state index contributed by atoms with van der Waals surface area (Å²) in [7, 11) is 1.58. The van der Waals surface area contributed by atoms with Gasteiger partial charge in [-0.2, -0.15) is 0 Å². The van der Waals surface area contributed by atoms with Crippen molar-refractivity contribution in [2.45, 2.75) is 13.0 Å². The molecule has 1 atom stereocenters. The van der Waals surface area contributed by atoms with Gasteiger partial charge in [-0.25, -0.2) is 4.39 Å². The van der Waals surface area contributed by atoms with E-state index in [9.17, 15) is 14.0 Å². The van der Waals surface area contributed by atoms with Gasteiger partial charge in [0, 0.05) is 6.07 Å². The number of methoxy groups -OCH3 is 1. The maximum Gasteiger partial charge on any atom is 0.287 e. The lowest BCUT2D eigenvalue weighted by Crippen LogP contribution is -2.27. The molecule has 0 aliphatic heterocycles. The number of hydrogen-bond donors (Lipinski definition) is 1. The van der Waals surface area contributed by atoms with Crippen LogP contribution in [-0.4, -0.2) is 13.0 Å². The zero-order valence-electron chi connectivity index (χ0n) is 13.7. The molecule has 0 saturated carbocycles. The Labute approximate surface area is 143 Å². The van der Waals surface area contributed by atoms with Crippen molar-refractivity contribution in [3.63, 3.8) is 0 Å². The quantitative estimate of drug-likeness (QED) is 0.789. The minimum Gasteiger partial charge on any atom is -0.497 e. The second kappa shape index (κ2) is 6.76. The Kier molecular flexibility index (Phi) is 4.52. The van der Waals surface area contributed by atoms with Gasteiger partial charge in [0.25, 0.3) is 5.91 Å². The average molecular weight is 341 g/mol. The number of amides is 1. The highest BCUT2D eigenvalue weighted by molar-refractivity contribution is 5.93. The lowest BCUT2D eigenvalue weighted by molar-refractivity contribution is 0.0912. The SMILES string of the molecule is COc1ccc([C@@H](C)NC(=O)c2cc(=O)c3cc(F)ccc3o2)cc1. The zero-order chi connectivity index (χ0) is 18.0. The monoisotopic (exact) mass is 341 g/mol. The van der Waals surface area contributed by atoms with Crippen LogP contribution in [0.25, 0.3) is 11.0 Å². The molecule has 5 nitrogen and oxygen atoms in total. The van der Waals surface area contributed by atoms with Crippen LogP contribution in [0, 0.1) is 5.82 Å². The van der Waals surface area contributed by atoms with E-state index < -0.39 is 17.2 Å². The van der Waals surface area contributed by atoms with E-state index in [2.05, 4.69) is 5.32 Å². The van der Waals surface area contributed by atoms with E-state index in [-0.39, 0.29) is 22.8 Å². The highest BCUT2D eigenvalue weighted by Crippen LogP contribution is 2.18. The van der Waals surface area contributed by atoms with Gasteiger partial charge in [0.1, 0.15) is 17.1 Å². The average Bonchev–Trinajstić information content (AvgIpc) is 2.62. The fourth-order valence-electron chi connectivity index (χ4n) is 2.48. The highest BCUT2D eigenvalue weighted by Gasteiger charge is 2.16. The summed E-state index contributed by atoms with van der Waals surface area (Å²) < 4.78 is 23.8. The Morgan fingerprint density at radius 3 is 2.56 bits per heavy atom. The molecule has 1 N–H and O–H groups in total. The largest absolute Gasteiger partial charge is 0.497 e. The van der Waals surface area contributed by atoms with E-state index in [4.69, 9.17) is 9.15 Å². The van der Waals surface area contributed by atoms with Gasteiger partial charge in [0.2, 0.25) is 0 Å². The van der Waals surface area contributed by atoms with Gasteiger partial charge in [0.15, 0.2) is 11.2 Å². The summed E-state index contributed by atoms with van der Waals surface area (Å²) in [5.74, 6) is -0.462. The van der Waals surface area contributed by atoms with Crippen LogP contribution in [0.2, 0.25) is 0 Å². The number of fused-ring (bicyclic) bond motifs is 1. The van der Waals surface area contributed by atoms with Gasteiger partial charge < -0.3 is 14.5 Å². The van der Waals surface area contributed by atoms with E-state index in [0.29, 0.717) is 0 Å². The first-order valence-corrected chi connectivity index (χ1v) is 7.66. The molecule has 0 bridgehead atoms. The Morgan fingerprint density at radius 1 is 1.16 bits per heavy atom. The van der Waals surface area contributed by atoms with E-state index >= 15 is 0 Å². The van der Waals surface area contributed by atoms with Crippen molar-refractivity contribution in [3.8, 4) is 5.75 Å². The number of carbonyl (C=O) groups excluding carboxylic acids is 1. The van der Waals surface area contributed by atoms with Crippen molar-refractivity contribution in [1.29, 1.82) is 0 Å². The van der Waals surface area contributed by atoms with E-state index in [1.54, 1.807) is 19.2 Å². The van der Waals surface area contributed by atoms with Gasteiger partial charge in [-0.05, 0) is 42.8 Å². The number of hydrogen-bond acceptors (Lipinski definition) is 4. The first kappa shape index (κ1) is 16.7. The third kappa shape index (κ3) is 3.52.